The Labute approximate surface area is 171 Å². The van der Waals surface area contributed by atoms with Crippen LogP contribution in [0.1, 0.15) is 22.9 Å². The summed E-state index contributed by atoms with van der Waals surface area (Å²) in [6.07, 6.45) is 1.43. The first-order valence-electron chi connectivity index (χ1n) is 9.20. The minimum atomic E-state index is -0.910. The summed E-state index contributed by atoms with van der Waals surface area (Å²) in [5.74, 6) is -1.36. The van der Waals surface area contributed by atoms with Crippen LogP contribution >= 0.6 is 0 Å². The first kappa shape index (κ1) is 19.4. The molecule has 0 saturated carbocycles. The highest BCUT2D eigenvalue weighted by atomic mass is 19.1. The molecule has 7 heteroatoms. The first-order valence-corrected chi connectivity index (χ1v) is 9.20. The van der Waals surface area contributed by atoms with Gasteiger partial charge in [-0.05, 0) is 54.1 Å². The average Bonchev–Trinajstić information content (AvgIpc) is 3.37. The molecule has 6 nitrogen and oxygen atoms in total. The van der Waals surface area contributed by atoms with E-state index in [0.717, 1.165) is 0 Å². The topological polar surface area (TPSA) is 80.0 Å². The molecule has 1 fully saturated rings. The zero-order chi connectivity index (χ0) is 21.3. The number of carbonyl (C=O) groups excluding carboxylic acids is 2. The Kier molecular flexibility index (Phi) is 5.10. The maximum atomic E-state index is 13.2. The second kappa shape index (κ2) is 7.87. The van der Waals surface area contributed by atoms with Crippen molar-refractivity contribution in [2.24, 2.45) is 0 Å². The summed E-state index contributed by atoms with van der Waals surface area (Å²) in [7, 11) is 1.52. The minimum absolute atomic E-state index is 0.0512. The number of hydrogen-bond donors (Lipinski definition) is 1. The monoisotopic (exact) mass is 407 g/mol. The van der Waals surface area contributed by atoms with E-state index in [1.807, 2.05) is 0 Å². The lowest BCUT2D eigenvalue weighted by Gasteiger charge is -2.23. The number of hydrogen-bond acceptors (Lipinski definition) is 5. The van der Waals surface area contributed by atoms with Crippen LogP contribution in [0.15, 0.2) is 76.9 Å². The van der Waals surface area contributed by atoms with Crippen molar-refractivity contribution in [1.29, 1.82) is 0 Å². The van der Waals surface area contributed by atoms with E-state index in [9.17, 15) is 19.1 Å². The second-order valence-corrected chi connectivity index (χ2v) is 6.80. The van der Waals surface area contributed by atoms with Crippen LogP contribution in [0.2, 0.25) is 0 Å². The summed E-state index contributed by atoms with van der Waals surface area (Å²) in [6.45, 7) is 0.0512. The van der Waals surface area contributed by atoms with E-state index in [0.29, 0.717) is 22.6 Å². The number of ether oxygens (including phenoxy) is 1. The van der Waals surface area contributed by atoms with E-state index in [-0.39, 0.29) is 17.9 Å². The molecule has 1 atom stereocenters. The molecule has 1 unspecified atom stereocenters. The highest BCUT2D eigenvalue weighted by molar-refractivity contribution is 6.46. The molecule has 0 radical (unpaired) electrons. The molecule has 152 valence electrons. The molecule has 0 aliphatic carbocycles. The van der Waals surface area contributed by atoms with Crippen molar-refractivity contribution in [2.75, 3.05) is 7.11 Å². The van der Waals surface area contributed by atoms with Gasteiger partial charge in [0.25, 0.3) is 11.7 Å². The molecule has 3 aromatic rings. The van der Waals surface area contributed by atoms with E-state index in [1.54, 1.807) is 36.4 Å². The highest BCUT2D eigenvalue weighted by Gasteiger charge is 2.47. The van der Waals surface area contributed by atoms with Gasteiger partial charge >= 0.3 is 0 Å². The van der Waals surface area contributed by atoms with Crippen molar-refractivity contribution in [3.8, 4) is 5.75 Å². The van der Waals surface area contributed by atoms with Crippen LogP contribution in [0.3, 0.4) is 0 Å². The predicted molar refractivity (Wildman–Crippen MR) is 106 cm³/mol. The molecule has 1 aliphatic rings. The fourth-order valence-electron chi connectivity index (χ4n) is 3.48. The number of methoxy groups -OCH3 is 1. The number of benzene rings is 2. The van der Waals surface area contributed by atoms with Crippen LogP contribution in [0.5, 0.6) is 5.75 Å². The molecule has 2 heterocycles. The third-order valence-corrected chi connectivity index (χ3v) is 4.98. The Balaban J connectivity index is 1.79. The quantitative estimate of drug-likeness (QED) is 0.392. The van der Waals surface area contributed by atoms with Crippen LogP contribution in [0, 0.1) is 5.82 Å². The van der Waals surface area contributed by atoms with Crippen LogP contribution < -0.4 is 4.74 Å². The Morgan fingerprint density at radius 2 is 1.80 bits per heavy atom. The fraction of sp³-hybridized carbons (Fsp3) is 0.130. The van der Waals surface area contributed by atoms with Gasteiger partial charge in [0.05, 0.1) is 18.9 Å². The van der Waals surface area contributed by atoms with E-state index in [4.69, 9.17) is 9.15 Å². The zero-order valence-corrected chi connectivity index (χ0v) is 16.0. The molecule has 30 heavy (non-hydrogen) atoms. The van der Waals surface area contributed by atoms with Crippen molar-refractivity contribution in [2.45, 2.75) is 12.6 Å². The van der Waals surface area contributed by atoms with Crippen LogP contribution in [-0.4, -0.2) is 28.8 Å². The van der Waals surface area contributed by atoms with Gasteiger partial charge in [0.15, 0.2) is 0 Å². The minimum Gasteiger partial charge on any atom is -0.507 e. The third-order valence-electron chi connectivity index (χ3n) is 4.98. The van der Waals surface area contributed by atoms with Gasteiger partial charge in [-0.1, -0.05) is 12.1 Å². The van der Waals surface area contributed by atoms with Gasteiger partial charge in [0.1, 0.15) is 29.1 Å². The van der Waals surface area contributed by atoms with E-state index >= 15 is 0 Å². The first-order chi connectivity index (χ1) is 14.5. The number of Topliss-reactive ketones (excluding diaryl/α,β-unsaturated/α-hetero) is 1. The number of aliphatic hydroxyl groups excluding tert-OH is 1. The van der Waals surface area contributed by atoms with Gasteiger partial charge in [-0.2, -0.15) is 0 Å². The number of halogens is 1. The Bertz CT molecular complexity index is 1100. The number of furan rings is 1. The number of rotatable bonds is 5. The lowest BCUT2D eigenvalue weighted by molar-refractivity contribution is -0.140. The lowest BCUT2D eigenvalue weighted by atomic mass is 9.99. The molecular formula is C23H18FNO5. The van der Waals surface area contributed by atoms with Gasteiger partial charge in [-0.3, -0.25) is 9.59 Å². The summed E-state index contributed by atoms with van der Waals surface area (Å²) < 4.78 is 23.8. The van der Waals surface area contributed by atoms with Gasteiger partial charge < -0.3 is 19.2 Å². The number of likely N-dealkylation sites (tertiary alicyclic amines) is 1. The zero-order valence-electron chi connectivity index (χ0n) is 16.0. The van der Waals surface area contributed by atoms with E-state index in [2.05, 4.69) is 0 Å². The van der Waals surface area contributed by atoms with Crippen molar-refractivity contribution < 1.29 is 28.2 Å². The van der Waals surface area contributed by atoms with Gasteiger partial charge in [-0.25, -0.2) is 4.39 Å². The standard InChI is InChI=1S/C23H18FNO5/c1-29-17-10-6-15(7-11-17)21(26)19-20(18-3-2-12-30-18)25(23(28)22(19)27)13-14-4-8-16(24)9-5-14/h2-12,20,26H,13H2,1H3/b21-19-. The molecule has 1 aliphatic heterocycles. The Hall–Kier alpha value is -3.87. The number of aliphatic hydroxyl groups is 1. The van der Waals surface area contributed by atoms with Crippen molar-refractivity contribution in [1.82, 2.24) is 4.90 Å². The van der Waals surface area contributed by atoms with Crippen LogP contribution in [0.4, 0.5) is 4.39 Å². The predicted octanol–water partition coefficient (Wildman–Crippen LogP) is 4.05. The van der Waals surface area contributed by atoms with Crippen molar-refractivity contribution in [3.05, 3.63) is 95.2 Å². The fourth-order valence-corrected chi connectivity index (χ4v) is 3.48. The van der Waals surface area contributed by atoms with Gasteiger partial charge in [-0.15, -0.1) is 0 Å². The second-order valence-electron chi connectivity index (χ2n) is 6.80. The molecule has 0 bridgehead atoms. The summed E-state index contributed by atoms with van der Waals surface area (Å²) in [6, 6.07) is 14.5. The molecule has 1 N–H and O–H groups in total. The molecule has 1 aromatic heterocycles. The van der Waals surface area contributed by atoms with Crippen LogP contribution in [-0.2, 0) is 16.1 Å². The maximum absolute atomic E-state index is 13.2. The van der Waals surface area contributed by atoms with Crippen LogP contribution in [0.25, 0.3) is 5.76 Å². The summed E-state index contributed by atoms with van der Waals surface area (Å²) >= 11 is 0. The largest absolute Gasteiger partial charge is 0.507 e. The molecule has 4 rings (SSSR count). The number of nitrogens with zero attached hydrogens (tertiary/aromatic N) is 1. The SMILES string of the molecule is COc1ccc(/C(O)=C2/C(=O)C(=O)N(Cc3ccc(F)cc3)C2c2ccco2)cc1. The molecule has 1 amide bonds. The Morgan fingerprint density at radius 1 is 1.10 bits per heavy atom. The normalized spacial score (nSPS) is 18.1. The molecule has 0 spiro atoms. The smallest absolute Gasteiger partial charge is 0.296 e. The molecule has 1 saturated heterocycles. The number of carbonyl (C=O) groups is 2. The molecular weight excluding hydrogens is 389 g/mol. The third kappa shape index (κ3) is 3.45. The summed E-state index contributed by atoms with van der Waals surface area (Å²) in [5.41, 5.74) is 0.939. The highest BCUT2D eigenvalue weighted by Crippen LogP contribution is 2.40. The summed E-state index contributed by atoms with van der Waals surface area (Å²) in [5, 5.41) is 10.9. The van der Waals surface area contributed by atoms with E-state index in [1.165, 1.54) is 42.5 Å². The van der Waals surface area contributed by atoms with Gasteiger partial charge in [0.2, 0.25) is 0 Å². The average molecular weight is 407 g/mol. The van der Waals surface area contributed by atoms with Crippen molar-refractivity contribution in [3.63, 3.8) is 0 Å². The Morgan fingerprint density at radius 3 is 2.40 bits per heavy atom. The lowest BCUT2D eigenvalue weighted by Crippen LogP contribution is -2.29. The van der Waals surface area contributed by atoms with Gasteiger partial charge in [0, 0.05) is 12.1 Å². The van der Waals surface area contributed by atoms with Crippen molar-refractivity contribution >= 4 is 17.4 Å². The number of ketones is 1. The van der Waals surface area contributed by atoms with E-state index < -0.39 is 23.5 Å². The molecule has 2 aromatic carbocycles. The summed E-state index contributed by atoms with van der Waals surface area (Å²) in [4.78, 5) is 27.0. The maximum Gasteiger partial charge on any atom is 0.296 e. The number of amides is 1.